The second-order valence-electron chi connectivity index (χ2n) is 5.09. The van der Waals surface area contributed by atoms with Crippen molar-refractivity contribution in [3.8, 4) is 5.82 Å². The molecule has 20 heavy (non-hydrogen) atoms. The minimum atomic E-state index is 0.493. The Hall–Kier alpha value is -2.42. The molecule has 0 bridgehead atoms. The minimum absolute atomic E-state index is 0.493. The second kappa shape index (κ2) is 5.29. The summed E-state index contributed by atoms with van der Waals surface area (Å²) >= 11 is 0. The zero-order valence-corrected chi connectivity index (χ0v) is 11.7. The average Bonchev–Trinajstić information content (AvgIpc) is 2.84. The molecule has 0 fully saturated rings. The van der Waals surface area contributed by atoms with Gasteiger partial charge in [0.05, 0.1) is 11.0 Å². The van der Waals surface area contributed by atoms with Gasteiger partial charge in [-0.25, -0.2) is 9.97 Å². The van der Waals surface area contributed by atoms with E-state index >= 15 is 0 Å². The Bertz CT molecular complexity index is 739. The lowest BCUT2D eigenvalue weighted by Gasteiger charge is -2.05. The highest BCUT2D eigenvalue weighted by molar-refractivity contribution is 5.79. The van der Waals surface area contributed by atoms with E-state index < -0.39 is 0 Å². The number of aromatic nitrogens is 3. The van der Waals surface area contributed by atoms with Crippen LogP contribution in [0.2, 0.25) is 0 Å². The van der Waals surface area contributed by atoms with Gasteiger partial charge in [-0.05, 0) is 36.3 Å². The van der Waals surface area contributed by atoms with E-state index in [1.54, 1.807) is 6.20 Å². The molecule has 3 aromatic rings. The fraction of sp³-hybridized carbons (Fsp3) is 0.176. The van der Waals surface area contributed by atoms with Gasteiger partial charge >= 0.3 is 0 Å². The molecule has 0 atom stereocenters. The van der Waals surface area contributed by atoms with Crippen LogP contribution in [0.3, 0.4) is 0 Å². The second-order valence-corrected chi connectivity index (χ2v) is 5.09. The van der Waals surface area contributed by atoms with Crippen LogP contribution < -0.4 is 0 Å². The third-order valence-electron chi connectivity index (χ3n) is 3.10. The molecule has 0 spiro atoms. The van der Waals surface area contributed by atoms with Crippen molar-refractivity contribution in [3.05, 3.63) is 60.6 Å². The topological polar surface area (TPSA) is 30.7 Å². The summed E-state index contributed by atoms with van der Waals surface area (Å²) in [4.78, 5) is 9.15. The summed E-state index contributed by atoms with van der Waals surface area (Å²) in [6, 6.07) is 14.1. The van der Waals surface area contributed by atoms with Gasteiger partial charge < -0.3 is 0 Å². The van der Waals surface area contributed by atoms with Crippen LogP contribution in [0.5, 0.6) is 0 Å². The fourth-order valence-electron chi connectivity index (χ4n) is 2.16. The van der Waals surface area contributed by atoms with Gasteiger partial charge in [0.25, 0.3) is 0 Å². The molecule has 3 rings (SSSR count). The Kier molecular flexibility index (Phi) is 3.33. The highest BCUT2D eigenvalue weighted by atomic mass is 15.1. The van der Waals surface area contributed by atoms with Crippen molar-refractivity contribution in [1.82, 2.24) is 14.5 Å². The van der Waals surface area contributed by atoms with Crippen molar-refractivity contribution < 1.29 is 0 Å². The van der Waals surface area contributed by atoms with Crippen LogP contribution in [0.1, 0.15) is 19.7 Å². The molecule has 3 nitrogen and oxygen atoms in total. The lowest BCUT2D eigenvalue weighted by Crippen LogP contribution is -1.99. The van der Waals surface area contributed by atoms with E-state index in [-0.39, 0.29) is 0 Å². The van der Waals surface area contributed by atoms with Crippen LogP contribution in [-0.4, -0.2) is 14.5 Å². The fourth-order valence-corrected chi connectivity index (χ4v) is 2.16. The first-order valence-corrected chi connectivity index (χ1v) is 6.83. The molecule has 0 radical (unpaired) electrons. The van der Waals surface area contributed by atoms with Crippen LogP contribution >= 0.6 is 0 Å². The largest absolute Gasteiger partial charge is 0.277 e. The highest BCUT2D eigenvalue weighted by Gasteiger charge is 2.10. The van der Waals surface area contributed by atoms with Crippen LogP contribution in [0.4, 0.5) is 0 Å². The maximum absolute atomic E-state index is 4.70. The van der Waals surface area contributed by atoms with Crippen molar-refractivity contribution >= 4 is 17.1 Å². The molecule has 0 N–H and O–H groups in total. The summed E-state index contributed by atoms with van der Waals surface area (Å²) in [7, 11) is 0. The first-order chi connectivity index (χ1) is 9.75. The molecule has 0 aliphatic heterocycles. The van der Waals surface area contributed by atoms with Crippen LogP contribution in [0, 0.1) is 5.92 Å². The van der Waals surface area contributed by atoms with Crippen LogP contribution in [-0.2, 0) is 0 Å². The number of rotatable bonds is 3. The molecule has 1 aromatic carbocycles. The van der Waals surface area contributed by atoms with E-state index in [0.717, 1.165) is 22.7 Å². The summed E-state index contributed by atoms with van der Waals surface area (Å²) in [6.45, 7) is 4.31. The molecular weight excluding hydrogens is 246 g/mol. The summed E-state index contributed by atoms with van der Waals surface area (Å²) < 4.78 is 2.09. The monoisotopic (exact) mass is 263 g/mol. The number of pyridine rings is 1. The van der Waals surface area contributed by atoms with Crippen molar-refractivity contribution in [3.63, 3.8) is 0 Å². The SMILES string of the molecule is CC(C)C=Cc1nc2ccccc2n1-c1ccccn1. The van der Waals surface area contributed by atoms with E-state index in [4.69, 9.17) is 4.98 Å². The number of allylic oxidation sites excluding steroid dienone is 1. The summed E-state index contributed by atoms with van der Waals surface area (Å²) in [5, 5.41) is 0. The van der Waals surface area contributed by atoms with Crippen molar-refractivity contribution in [1.29, 1.82) is 0 Å². The van der Waals surface area contributed by atoms with Gasteiger partial charge in [0.15, 0.2) is 0 Å². The number of hydrogen-bond donors (Lipinski definition) is 0. The van der Waals surface area contributed by atoms with E-state index in [0.29, 0.717) is 5.92 Å². The van der Waals surface area contributed by atoms with Gasteiger partial charge in [0, 0.05) is 6.20 Å². The Balaban J connectivity index is 2.24. The van der Waals surface area contributed by atoms with Crippen molar-refractivity contribution in [2.45, 2.75) is 13.8 Å². The standard InChI is InChI=1S/C17H17N3/c1-13(2)10-11-17-19-14-7-3-4-8-15(14)20(17)16-9-5-6-12-18-16/h3-13H,1-2H3. The smallest absolute Gasteiger partial charge is 0.139 e. The van der Waals surface area contributed by atoms with Gasteiger partial charge in [0.1, 0.15) is 11.6 Å². The van der Waals surface area contributed by atoms with Gasteiger partial charge in [-0.1, -0.05) is 38.1 Å². The maximum atomic E-state index is 4.70. The number of imidazole rings is 1. The molecule has 0 aliphatic rings. The Morgan fingerprint density at radius 3 is 2.60 bits per heavy atom. The molecule has 3 heteroatoms. The Morgan fingerprint density at radius 1 is 1.05 bits per heavy atom. The van der Waals surface area contributed by atoms with Gasteiger partial charge in [-0.2, -0.15) is 0 Å². The zero-order valence-electron chi connectivity index (χ0n) is 11.7. The predicted octanol–water partition coefficient (Wildman–Crippen LogP) is 4.09. The first kappa shape index (κ1) is 12.6. The average molecular weight is 263 g/mol. The molecule has 2 heterocycles. The summed E-state index contributed by atoms with van der Waals surface area (Å²) in [5.74, 6) is 2.30. The number of para-hydroxylation sites is 2. The van der Waals surface area contributed by atoms with Gasteiger partial charge in [-0.3, -0.25) is 4.57 Å². The van der Waals surface area contributed by atoms with Crippen LogP contribution in [0.15, 0.2) is 54.7 Å². The zero-order chi connectivity index (χ0) is 13.9. The quantitative estimate of drug-likeness (QED) is 0.712. The molecule has 100 valence electrons. The first-order valence-electron chi connectivity index (χ1n) is 6.83. The highest BCUT2D eigenvalue weighted by Crippen LogP contribution is 2.21. The number of benzene rings is 1. The van der Waals surface area contributed by atoms with E-state index in [2.05, 4.69) is 41.6 Å². The van der Waals surface area contributed by atoms with E-state index in [9.17, 15) is 0 Å². The summed E-state index contributed by atoms with van der Waals surface area (Å²) in [5.41, 5.74) is 2.07. The lowest BCUT2D eigenvalue weighted by atomic mass is 10.2. The Labute approximate surface area is 118 Å². The summed E-state index contributed by atoms with van der Waals surface area (Å²) in [6.07, 6.45) is 6.03. The number of nitrogens with zero attached hydrogens (tertiary/aromatic N) is 3. The molecule has 2 aromatic heterocycles. The lowest BCUT2D eigenvalue weighted by molar-refractivity contribution is 0.834. The molecule has 0 aliphatic carbocycles. The van der Waals surface area contributed by atoms with Crippen molar-refractivity contribution in [2.75, 3.05) is 0 Å². The molecule has 0 saturated heterocycles. The molecule has 0 saturated carbocycles. The number of fused-ring (bicyclic) bond motifs is 1. The molecule has 0 amide bonds. The third-order valence-corrected chi connectivity index (χ3v) is 3.10. The van der Waals surface area contributed by atoms with Gasteiger partial charge in [0.2, 0.25) is 0 Å². The molecular formula is C17H17N3. The minimum Gasteiger partial charge on any atom is -0.277 e. The predicted molar refractivity (Wildman–Crippen MR) is 82.7 cm³/mol. The maximum Gasteiger partial charge on any atom is 0.139 e. The Morgan fingerprint density at radius 2 is 1.85 bits per heavy atom. The van der Waals surface area contributed by atoms with Gasteiger partial charge in [-0.15, -0.1) is 0 Å². The van der Waals surface area contributed by atoms with E-state index in [1.807, 2.05) is 36.4 Å². The van der Waals surface area contributed by atoms with E-state index in [1.165, 1.54) is 0 Å². The molecule has 0 unspecified atom stereocenters. The number of hydrogen-bond acceptors (Lipinski definition) is 2. The third kappa shape index (κ3) is 2.35. The normalized spacial score (nSPS) is 11.8. The van der Waals surface area contributed by atoms with Crippen LogP contribution in [0.25, 0.3) is 22.9 Å². The van der Waals surface area contributed by atoms with Crippen molar-refractivity contribution in [2.24, 2.45) is 5.92 Å².